The third kappa shape index (κ3) is 2.46. The van der Waals surface area contributed by atoms with Crippen LogP contribution in [-0.2, 0) is 10.0 Å². The highest BCUT2D eigenvalue weighted by Crippen LogP contribution is 2.31. The Kier molecular flexibility index (Phi) is 3.57. The first-order valence-corrected chi connectivity index (χ1v) is 7.28. The van der Waals surface area contributed by atoms with E-state index in [9.17, 15) is 18.5 Å². The Morgan fingerprint density at radius 3 is 2.68 bits per heavy atom. The number of hydrogen-bond donors (Lipinski definition) is 1. The molecule has 0 aliphatic carbocycles. The largest absolute Gasteiger partial charge is 0.326 e. The number of hydrogen-bond acceptors (Lipinski definition) is 5. The van der Waals surface area contributed by atoms with Gasteiger partial charge in [-0.3, -0.25) is 10.1 Å². The van der Waals surface area contributed by atoms with Crippen LogP contribution in [0.5, 0.6) is 0 Å². The number of sulfonamides is 1. The number of rotatable bonds is 3. The molecule has 1 aromatic rings. The van der Waals surface area contributed by atoms with E-state index in [1.165, 1.54) is 16.4 Å². The van der Waals surface area contributed by atoms with Crippen LogP contribution < -0.4 is 5.73 Å². The van der Waals surface area contributed by atoms with Gasteiger partial charge < -0.3 is 5.73 Å². The van der Waals surface area contributed by atoms with Crippen molar-refractivity contribution < 1.29 is 13.3 Å². The number of nitro benzene ring substituents is 1. The first-order valence-electron chi connectivity index (χ1n) is 5.84. The summed E-state index contributed by atoms with van der Waals surface area (Å²) in [6, 6.07) is 4.02. The maximum Gasteiger partial charge on any atom is 0.289 e. The van der Waals surface area contributed by atoms with Gasteiger partial charge in [0, 0.05) is 25.2 Å². The molecule has 1 aromatic carbocycles. The maximum absolute atomic E-state index is 12.5. The second kappa shape index (κ2) is 4.87. The molecular formula is C11H15N3O4S. The van der Waals surface area contributed by atoms with Crippen LogP contribution in [-0.4, -0.2) is 36.8 Å². The molecule has 1 fully saturated rings. The third-order valence-corrected chi connectivity index (χ3v) is 5.23. The number of benzene rings is 1. The lowest BCUT2D eigenvalue weighted by Crippen LogP contribution is -2.32. The third-order valence-electron chi connectivity index (χ3n) is 3.17. The van der Waals surface area contributed by atoms with E-state index in [4.69, 9.17) is 5.73 Å². The van der Waals surface area contributed by atoms with E-state index >= 15 is 0 Å². The summed E-state index contributed by atoms with van der Waals surface area (Å²) in [6.07, 6.45) is 0.568. The number of aryl methyl sites for hydroxylation is 1. The average Bonchev–Trinajstić information content (AvgIpc) is 2.75. The fraction of sp³-hybridized carbons (Fsp3) is 0.455. The zero-order valence-corrected chi connectivity index (χ0v) is 11.3. The molecule has 104 valence electrons. The van der Waals surface area contributed by atoms with Crippen molar-refractivity contribution in [2.24, 2.45) is 5.73 Å². The summed E-state index contributed by atoms with van der Waals surface area (Å²) < 4.78 is 26.2. The summed E-state index contributed by atoms with van der Waals surface area (Å²) in [6.45, 7) is 2.05. The van der Waals surface area contributed by atoms with Crippen LogP contribution >= 0.6 is 0 Å². The number of nitrogens with zero attached hydrogens (tertiary/aromatic N) is 2. The van der Waals surface area contributed by atoms with Crippen LogP contribution in [0.25, 0.3) is 0 Å². The number of nitro groups is 1. The molecule has 1 unspecified atom stereocenters. The highest BCUT2D eigenvalue weighted by Gasteiger charge is 2.36. The van der Waals surface area contributed by atoms with Gasteiger partial charge in [0.15, 0.2) is 4.90 Å². The monoisotopic (exact) mass is 285 g/mol. The van der Waals surface area contributed by atoms with E-state index in [0.29, 0.717) is 18.5 Å². The predicted molar refractivity (Wildman–Crippen MR) is 69.2 cm³/mol. The smallest absolute Gasteiger partial charge is 0.289 e. The summed E-state index contributed by atoms with van der Waals surface area (Å²) in [5, 5.41) is 11.0. The highest BCUT2D eigenvalue weighted by atomic mass is 32.2. The highest BCUT2D eigenvalue weighted by molar-refractivity contribution is 7.89. The standard InChI is InChI=1S/C11H15N3O4S/c1-8-3-2-4-10(14(15)16)11(8)19(17,18)13-6-5-9(12)7-13/h2-4,9H,5-7,12H2,1H3. The summed E-state index contributed by atoms with van der Waals surface area (Å²) in [4.78, 5) is 10.1. The van der Waals surface area contributed by atoms with E-state index < -0.39 is 14.9 Å². The second-order valence-electron chi connectivity index (χ2n) is 4.59. The Morgan fingerprint density at radius 2 is 2.16 bits per heavy atom. The van der Waals surface area contributed by atoms with Crippen LogP contribution in [0.4, 0.5) is 5.69 Å². The Balaban J connectivity index is 2.55. The number of nitrogens with two attached hydrogens (primary N) is 1. The molecular weight excluding hydrogens is 270 g/mol. The molecule has 19 heavy (non-hydrogen) atoms. The molecule has 2 rings (SSSR count). The predicted octanol–water partition coefficient (Wildman–Crippen LogP) is 0.625. The van der Waals surface area contributed by atoms with Gasteiger partial charge in [-0.1, -0.05) is 12.1 Å². The topological polar surface area (TPSA) is 107 Å². The summed E-state index contributed by atoms with van der Waals surface area (Å²) in [7, 11) is -3.87. The molecule has 8 heteroatoms. The van der Waals surface area contributed by atoms with Crippen LogP contribution in [0.15, 0.2) is 23.1 Å². The fourth-order valence-corrected chi connectivity index (χ4v) is 4.09. The SMILES string of the molecule is Cc1cccc([N+](=O)[O-])c1S(=O)(=O)N1CCC(N)C1. The molecule has 1 heterocycles. The second-order valence-corrected chi connectivity index (χ2v) is 6.47. The quantitative estimate of drug-likeness (QED) is 0.647. The Labute approximate surface area is 111 Å². The summed E-state index contributed by atoms with van der Waals surface area (Å²) in [5.74, 6) is 0. The molecule has 2 N–H and O–H groups in total. The molecule has 0 saturated carbocycles. The van der Waals surface area contributed by atoms with Crippen LogP contribution in [0.2, 0.25) is 0 Å². The van der Waals surface area contributed by atoms with Crippen molar-refractivity contribution in [1.82, 2.24) is 4.31 Å². The minimum absolute atomic E-state index is 0.202. The zero-order valence-electron chi connectivity index (χ0n) is 10.4. The van der Waals surface area contributed by atoms with Gasteiger partial charge in [0.25, 0.3) is 5.69 Å². The van der Waals surface area contributed by atoms with E-state index in [1.54, 1.807) is 13.0 Å². The van der Waals surface area contributed by atoms with Crippen LogP contribution in [0.3, 0.4) is 0 Å². The summed E-state index contributed by atoms with van der Waals surface area (Å²) >= 11 is 0. The lowest BCUT2D eigenvalue weighted by Gasteiger charge is -2.17. The molecule has 7 nitrogen and oxygen atoms in total. The Hall–Kier alpha value is -1.51. The average molecular weight is 285 g/mol. The molecule has 0 bridgehead atoms. The Bertz CT molecular complexity index is 614. The summed E-state index contributed by atoms with van der Waals surface area (Å²) in [5.41, 5.74) is 5.68. The minimum atomic E-state index is -3.87. The van der Waals surface area contributed by atoms with Gasteiger partial charge in [-0.25, -0.2) is 8.42 Å². The van der Waals surface area contributed by atoms with Crippen molar-refractivity contribution >= 4 is 15.7 Å². The molecule has 0 amide bonds. The zero-order chi connectivity index (χ0) is 14.2. The van der Waals surface area contributed by atoms with Crippen molar-refractivity contribution in [1.29, 1.82) is 0 Å². The lowest BCUT2D eigenvalue weighted by atomic mass is 10.2. The van der Waals surface area contributed by atoms with E-state index in [0.717, 1.165) is 0 Å². The Morgan fingerprint density at radius 1 is 1.47 bits per heavy atom. The molecule has 1 atom stereocenters. The van der Waals surface area contributed by atoms with Crippen molar-refractivity contribution in [3.8, 4) is 0 Å². The first-order chi connectivity index (χ1) is 8.84. The van der Waals surface area contributed by atoms with Crippen molar-refractivity contribution in [2.75, 3.05) is 13.1 Å². The van der Waals surface area contributed by atoms with Gasteiger partial charge >= 0.3 is 0 Å². The molecule has 0 aromatic heterocycles. The van der Waals surface area contributed by atoms with Crippen molar-refractivity contribution in [3.05, 3.63) is 33.9 Å². The lowest BCUT2D eigenvalue weighted by molar-refractivity contribution is -0.387. The molecule has 0 spiro atoms. The van der Waals surface area contributed by atoms with E-state index in [1.807, 2.05) is 0 Å². The molecule has 1 aliphatic heterocycles. The van der Waals surface area contributed by atoms with Crippen molar-refractivity contribution in [2.45, 2.75) is 24.3 Å². The van der Waals surface area contributed by atoms with Gasteiger partial charge in [-0.2, -0.15) is 4.31 Å². The maximum atomic E-state index is 12.5. The van der Waals surface area contributed by atoms with Crippen molar-refractivity contribution in [3.63, 3.8) is 0 Å². The van der Waals surface area contributed by atoms with Gasteiger partial charge in [0.1, 0.15) is 0 Å². The molecule has 1 saturated heterocycles. The first kappa shape index (κ1) is 13.9. The van der Waals surface area contributed by atoms with Gasteiger partial charge in [0.05, 0.1) is 4.92 Å². The van der Waals surface area contributed by atoms with E-state index in [2.05, 4.69) is 0 Å². The van der Waals surface area contributed by atoms with Crippen LogP contribution in [0.1, 0.15) is 12.0 Å². The van der Waals surface area contributed by atoms with Gasteiger partial charge in [0.2, 0.25) is 10.0 Å². The van der Waals surface area contributed by atoms with E-state index in [-0.39, 0.29) is 23.2 Å². The van der Waals surface area contributed by atoms with Crippen LogP contribution in [0, 0.1) is 17.0 Å². The normalized spacial score (nSPS) is 20.6. The molecule has 0 radical (unpaired) electrons. The fourth-order valence-electron chi connectivity index (χ4n) is 2.22. The van der Waals surface area contributed by atoms with Gasteiger partial charge in [-0.15, -0.1) is 0 Å². The minimum Gasteiger partial charge on any atom is -0.326 e. The molecule has 1 aliphatic rings. The van der Waals surface area contributed by atoms with Gasteiger partial charge in [-0.05, 0) is 18.9 Å².